The smallest absolute Gasteiger partial charge is 0.412 e. The van der Waals surface area contributed by atoms with Crippen molar-refractivity contribution in [2.24, 2.45) is 0 Å². The van der Waals surface area contributed by atoms with Crippen LogP contribution in [-0.4, -0.2) is 55.2 Å². The molecule has 174 valence electrons. The van der Waals surface area contributed by atoms with E-state index in [1.807, 2.05) is 0 Å². The van der Waals surface area contributed by atoms with Crippen molar-refractivity contribution in [1.82, 2.24) is 14.4 Å². The number of nitrogens with one attached hydrogen (secondary N) is 1. The van der Waals surface area contributed by atoms with E-state index in [0.717, 1.165) is 11.8 Å². The highest BCUT2D eigenvalue weighted by Crippen LogP contribution is 2.24. The largest absolute Gasteiger partial charge is 0.453 e. The first-order chi connectivity index (χ1) is 16.2. The number of aromatic nitrogens is 3. The number of methoxy groups -OCH3 is 1. The number of pyridine rings is 2. The highest BCUT2D eigenvalue weighted by atomic mass is 32.2. The molecule has 0 fully saturated rings. The second kappa shape index (κ2) is 8.94. The molecule has 0 atom stereocenters. The third-order valence-corrected chi connectivity index (χ3v) is 6.28. The van der Waals surface area contributed by atoms with Crippen LogP contribution in [0.3, 0.4) is 0 Å². The molecular weight excluding hydrogens is 458 g/mol. The molecule has 11 heteroatoms. The van der Waals surface area contributed by atoms with Gasteiger partial charge in [0.15, 0.2) is 9.84 Å². The van der Waals surface area contributed by atoms with E-state index >= 15 is 0 Å². The third-order valence-electron chi connectivity index (χ3n) is 5.17. The van der Waals surface area contributed by atoms with Crippen LogP contribution in [0.1, 0.15) is 10.4 Å². The Morgan fingerprint density at radius 3 is 2.53 bits per heavy atom. The Labute approximate surface area is 195 Å². The number of carbonyl (C=O) groups is 2. The zero-order valence-electron chi connectivity index (χ0n) is 18.6. The van der Waals surface area contributed by atoms with Crippen molar-refractivity contribution >= 4 is 39.0 Å². The summed E-state index contributed by atoms with van der Waals surface area (Å²) in [6.45, 7) is 0. The maximum absolute atomic E-state index is 13.2. The van der Waals surface area contributed by atoms with Gasteiger partial charge >= 0.3 is 6.09 Å². The molecule has 0 aliphatic heterocycles. The highest BCUT2D eigenvalue weighted by Gasteiger charge is 2.17. The van der Waals surface area contributed by atoms with Crippen molar-refractivity contribution in [2.45, 2.75) is 4.90 Å². The number of rotatable bonds is 5. The standard InChI is InChI=1S/C23H21N5O5S/c1-27(17-5-4-6-18(11-17)34(3,31)32)22(29)16-8-10-21-25-13-19(28(21)14-16)15-7-9-20(24-12-15)26-23(30)33-2/h4-14H,1-3H3,(H,24,26,30). The molecule has 10 nitrogen and oxygen atoms in total. The summed E-state index contributed by atoms with van der Waals surface area (Å²) in [5, 5.41) is 2.48. The molecule has 3 heterocycles. The molecule has 2 amide bonds. The maximum atomic E-state index is 13.2. The number of fused-ring (bicyclic) bond motifs is 1. The summed E-state index contributed by atoms with van der Waals surface area (Å²) in [5.41, 5.74) is 2.89. The molecule has 1 N–H and O–H groups in total. The molecule has 0 aliphatic carbocycles. The number of hydrogen-bond acceptors (Lipinski definition) is 7. The summed E-state index contributed by atoms with van der Waals surface area (Å²) in [6.07, 6.45) is 5.40. The predicted octanol–water partition coefficient (Wildman–Crippen LogP) is 3.25. The van der Waals surface area contributed by atoms with Crippen molar-refractivity contribution in [1.29, 1.82) is 0 Å². The Balaban J connectivity index is 1.65. The van der Waals surface area contributed by atoms with E-state index in [-0.39, 0.29) is 10.8 Å². The fourth-order valence-electron chi connectivity index (χ4n) is 3.33. The van der Waals surface area contributed by atoms with Gasteiger partial charge < -0.3 is 9.64 Å². The Kier molecular flexibility index (Phi) is 6.03. The number of hydrogen-bond donors (Lipinski definition) is 1. The van der Waals surface area contributed by atoms with Crippen molar-refractivity contribution in [3.63, 3.8) is 0 Å². The van der Waals surface area contributed by atoms with Gasteiger partial charge in [0.2, 0.25) is 0 Å². The van der Waals surface area contributed by atoms with Crippen LogP contribution in [0, 0.1) is 0 Å². The summed E-state index contributed by atoms with van der Waals surface area (Å²) < 4.78 is 30.1. The monoisotopic (exact) mass is 479 g/mol. The van der Waals surface area contributed by atoms with Gasteiger partial charge in [-0.2, -0.15) is 0 Å². The van der Waals surface area contributed by atoms with E-state index in [9.17, 15) is 18.0 Å². The minimum absolute atomic E-state index is 0.134. The number of carbonyl (C=O) groups excluding carboxylic acids is 2. The molecule has 0 bridgehead atoms. The van der Waals surface area contributed by atoms with E-state index in [1.54, 1.807) is 66.4 Å². The van der Waals surface area contributed by atoms with Crippen LogP contribution in [0.2, 0.25) is 0 Å². The highest BCUT2D eigenvalue weighted by molar-refractivity contribution is 7.90. The van der Waals surface area contributed by atoms with Crippen LogP contribution in [0.15, 0.2) is 72.0 Å². The number of anilines is 2. The molecule has 1 aromatic carbocycles. The van der Waals surface area contributed by atoms with Crippen molar-refractivity contribution in [3.8, 4) is 11.3 Å². The van der Waals surface area contributed by atoms with E-state index in [1.165, 1.54) is 24.1 Å². The van der Waals surface area contributed by atoms with Crippen LogP contribution < -0.4 is 10.2 Å². The first kappa shape index (κ1) is 22.9. The van der Waals surface area contributed by atoms with E-state index in [2.05, 4.69) is 20.0 Å². The van der Waals surface area contributed by atoms with Gasteiger partial charge in [-0.25, -0.2) is 23.2 Å². The quantitative estimate of drug-likeness (QED) is 0.466. The molecule has 4 aromatic rings. The Bertz CT molecular complexity index is 1500. The van der Waals surface area contributed by atoms with Crippen molar-refractivity contribution in [2.75, 3.05) is 30.6 Å². The van der Waals surface area contributed by atoms with Crippen LogP contribution in [0.4, 0.5) is 16.3 Å². The topological polar surface area (TPSA) is 123 Å². The van der Waals surface area contributed by atoms with Crippen molar-refractivity contribution in [3.05, 3.63) is 72.7 Å². The van der Waals surface area contributed by atoms with Crippen LogP contribution in [0.5, 0.6) is 0 Å². The summed E-state index contributed by atoms with van der Waals surface area (Å²) in [5.74, 6) is 0.0150. The predicted molar refractivity (Wildman–Crippen MR) is 127 cm³/mol. The molecule has 34 heavy (non-hydrogen) atoms. The first-order valence-corrected chi connectivity index (χ1v) is 11.9. The number of imidazole rings is 1. The number of ether oxygens (including phenoxy) is 1. The number of nitrogens with zero attached hydrogens (tertiary/aromatic N) is 4. The first-order valence-electron chi connectivity index (χ1n) is 10.0. The van der Waals surface area contributed by atoms with Crippen molar-refractivity contribution < 1.29 is 22.7 Å². The number of benzene rings is 1. The second-order valence-corrected chi connectivity index (χ2v) is 9.49. The molecule has 0 saturated heterocycles. The normalized spacial score (nSPS) is 11.3. The zero-order chi connectivity index (χ0) is 24.5. The molecule has 4 rings (SSSR count). The Morgan fingerprint density at radius 2 is 1.85 bits per heavy atom. The second-order valence-electron chi connectivity index (χ2n) is 7.47. The lowest BCUT2D eigenvalue weighted by Gasteiger charge is -2.18. The minimum Gasteiger partial charge on any atom is -0.453 e. The van der Waals surface area contributed by atoms with E-state index < -0.39 is 15.9 Å². The maximum Gasteiger partial charge on any atom is 0.412 e. The molecule has 3 aromatic heterocycles. The third kappa shape index (κ3) is 4.59. The van der Waals surface area contributed by atoms with Gasteiger partial charge in [0.05, 0.1) is 29.5 Å². The summed E-state index contributed by atoms with van der Waals surface area (Å²) in [4.78, 5) is 34.6. The lowest BCUT2D eigenvalue weighted by Crippen LogP contribution is -2.26. The van der Waals surface area contributed by atoms with E-state index in [0.29, 0.717) is 28.4 Å². The summed E-state index contributed by atoms with van der Waals surface area (Å²) in [6, 6.07) is 13.0. The lowest BCUT2D eigenvalue weighted by atomic mass is 10.2. The van der Waals surface area contributed by atoms with Crippen LogP contribution in [0.25, 0.3) is 16.9 Å². The number of sulfone groups is 1. The van der Waals surface area contributed by atoms with Gasteiger partial charge in [-0.15, -0.1) is 0 Å². The molecule has 0 unspecified atom stereocenters. The SMILES string of the molecule is COC(=O)Nc1ccc(-c2cnc3ccc(C(=O)N(C)c4cccc(S(C)(=O)=O)c4)cn23)cn1. The van der Waals surface area contributed by atoms with Gasteiger partial charge in [0, 0.05) is 36.9 Å². The molecule has 0 aliphatic rings. The average Bonchev–Trinajstić information content (AvgIpc) is 3.26. The van der Waals surface area contributed by atoms with Crippen LogP contribution in [-0.2, 0) is 14.6 Å². The minimum atomic E-state index is -3.40. The van der Waals surface area contributed by atoms with Gasteiger partial charge in [0.25, 0.3) is 5.91 Å². The summed E-state index contributed by atoms with van der Waals surface area (Å²) >= 11 is 0. The summed E-state index contributed by atoms with van der Waals surface area (Å²) in [7, 11) is -0.557. The molecule has 0 radical (unpaired) electrons. The fraction of sp³-hybridized carbons (Fsp3) is 0.130. The number of amides is 2. The lowest BCUT2D eigenvalue weighted by molar-refractivity contribution is 0.0992. The van der Waals surface area contributed by atoms with Crippen LogP contribution >= 0.6 is 0 Å². The molecular formula is C23H21N5O5S. The van der Waals surface area contributed by atoms with E-state index in [4.69, 9.17) is 0 Å². The van der Waals surface area contributed by atoms with Gasteiger partial charge in [0.1, 0.15) is 11.5 Å². The molecule has 0 spiro atoms. The Morgan fingerprint density at radius 1 is 1.06 bits per heavy atom. The zero-order valence-corrected chi connectivity index (χ0v) is 19.4. The fourth-order valence-corrected chi connectivity index (χ4v) is 3.99. The average molecular weight is 480 g/mol. The van der Waals surface area contributed by atoms with Gasteiger partial charge in [-0.3, -0.25) is 14.5 Å². The van der Waals surface area contributed by atoms with Gasteiger partial charge in [-0.1, -0.05) is 6.07 Å². The van der Waals surface area contributed by atoms with Gasteiger partial charge in [-0.05, 0) is 42.5 Å². The molecule has 0 saturated carbocycles. The Hall–Kier alpha value is -4.25.